The summed E-state index contributed by atoms with van der Waals surface area (Å²) in [4.78, 5) is 10.8. The summed E-state index contributed by atoms with van der Waals surface area (Å²) in [6.45, 7) is 6.29. The molecule has 1 N–H and O–H groups in total. The van der Waals surface area contributed by atoms with Crippen molar-refractivity contribution < 1.29 is 17.9 Å². The van der Waals surface area contributed by atoms with E-state index in [1.54, 1.807) is 0 Å². The average Bonchev–Trinajstić information content (AvgIpc) is 2.12. The van der Waals surface area contributed by atoms with E-state index >= 15 is 0 Å². The number of nitrogens with one attached hydrogen (secondary N) is 1. The summed E-state index contributed by atoms with van der Waals surface area (Å²) >= 11 is 0. The summed E-state index contributed by atoms with van der Waals surface area (Å²) in [6, 6.07) is 0. The molecular weight excluding hydrogens is 230 g/mol. The van der Waals surface area contributed by atoms with E-state index in [0.29, 0.717) is 6.54 Å². The summed E-state index contributed by atoms with van der Waals surface area (Å²) < 4.78 is 27.4. The van der Waals surface area contributed by atoms with Crippen molar-refractivity contribution in [1.82, 2.24) is 5.32 Å². The maximum Gasteiger partial charge on any atom is 0.306 e. The predicted octanol–water partition coefficient (Wildman–Crippen LogP) is 0.352. The van der Waals surface area contributed by atoms with Gasteiger partial charge in [0.1, 0.15) is 0 Å². The van der Waals surface area contributed by atoms with Crippen LogP contribution < -0.4 is 5.32 Å². The predicted molar refractivity (Wildman–Crippen MR) is 63.0 cm³/mol. The Kier molecular flexibility index (Phi) is 5.96. The molecule has 0 heterocycles. The third kappa shape index (κ3) is 8.67. The Labute approximate surface area is 97.5 Å². The summed E-state index contributed by atoms with van der Waals surface area (Å²) in [5.41, 5.74) is -0.0993. The summed E-state index contributed by atoms with van der Waals surface area (Å²) in [5, 5.41) is 3.08. The van der Waals surface area contributed by atoms with Crippen LogP contribution in [0.25, 0.3) is 0 Å². The molecule has 96 valence electrons. The van der Waals surface area contributed by atoms with Gasteiger partial charge < -0.3 is 10.1 Å². The highest BCUT2D eigenvalue weighted by atomic mass is 32.2. The smallest absolute Gasteiger partial charge is 0.306 e. The molecule has 0 rings (SSSR count). The maximum absolute atomic E-state index is 11.5. The number of sulfone groups is 1. The van der Waals surface area contributed by atoms with Crippen molar-refractivity contribution in [3.63, 3.8) is 0 Å². The minimum absolute atomic E-state index is 0.0429. The van der Waals surface area contributed by atoms with Gasteiger partial charge in [-0.25, -0.2) is 8.42 Å². The summed E-state index contributed by atoms with van der Waals surface area (Å²) in [6.07, 6.45) is -0.0750. The third-order valence-electron chi connectivity index (χ3n) is 1.91. The van der Waals surface area contributed by atoms with E-state index in [-0.39, 0.29) is 23.5 Å². The standard InChI is InChI=1S/C10H21NO4S/c1-10(2,3)11-6-8-16(13,14)7-5-9(12)15-4/h11H,5-8H2,1-4H3. The summed E-state index contributed by atoms with van der Waals surface area (Å²) in [5.74, 6) is -0.598. The molecule has 0 bridgehead atoms. The molecule has 0 aliphatic carbocycles. The fourth-order valence-corrected chi connectivity index (χ4v) is 2.12. The van der Waals surface area contributed by atoms with Crippen LogP contribution in [-0.4, -0.2) is 45.1 Å². The van der Waals surface area contributed by atoms with Crippen LogP contribution in [0.5, 0.6) is 0 Å². The minimum atomic E-state index is -3.17. The monoisotopic (exact) mass is 251 g/mol. The van der Waals surface area contributed by atoms with E-state index < -0.39 is 15.8 Å². The number of ether oxygens (including phenoxy) is 1. The zero-order valence-corrected chi connectivity index (χ0v) is 11.2. The fourth-order valence-electron chi connectivity index (χ4n) is 1.02. The molecule has 0 amide bonds. The van der Waals surface area contributed by atoms with Gasteiger partial charge in [-0.3, -0.25) is 4.79 Å². The average molecular weight is 251 g/mol. The molecule has 0 unspecified atom stereocenters. The maximum atomic E-state index is 11.5. The molecule has 0 aromatic rings. The van der Waals surface area contributed by atoms with Crippen molar-refractivity contribution >= 4 is 15.8 Å². The molecule has 0 spiro atoms. The second kappa shape index (κ2) is 6.20. The second-order valence-corrected chi connectivity index (χ2v) is 6.96. The van der Waals surface area contributed by atoms with E-state index in [0.717, 1.165) is 0 Å². The number of rotatable bonds is 6. The third-order valence-corrected chi connectivity index (χ3v) is 3.57. The molecule has 5 nitrogen and oxygen atoms in total. The number of carbonyl (C=O) groups excluding carboxylic acids is 1. The number of hydrogen-bond acceptors (Lipinski definition) is 5. The zero-order valence-electron chi connectivity index (χ0n) is 10.4. The van der Waals surface area contributed by atoms with Gasteiger partial charge in [-0.15, -0.1) is 0 Å². The topological polar surface area (TPSA) is 72.5 Å². The number of carbonyl (C=O) groups is 1. The number of esters is 1. The Hall–Kier alpha value is -0.620. The molecule has 0 saturated heterocycles. The van der Waals surface area contributed by atoms with Gasteiger partial charge in [0.2, 0.25) is 0 Å². The van der Waals surface area contributed by atoms with Gasteiger partial charge in [0.15, 0.2) is 9.84 Å². The number of methoxy groups -OCH3 is 1. The van der Waals surface area contributed by atoms with Gasteiger partial charge in [-0.05, 0) is 20.8 Å². The zero-order chi connectivity index (χ0) is 12.8. The van der Waals surface area contributed by atoms with Crippen LogP contribution in [0.4, 0.5) is 0 Å². The molecule has 0 aromatic heterocycles. The first-order valence-corrected chi connectivity index (χ1v) is 7.01. The van der Waals surface area contributed by atoms with Crippen molar-refractivity contribution in [3.05, 3.63) is 0 Å². The van der Waals surface area contributed by atoms with Gasteiger partial charge in [0, 0.05) is 12.1 Å². The van der Waals surface area contributed by atoms with Crippen molar-refractivity contribution in [3.8, 4) is 0 Å². The molecule has 0 saturated carbocycles. The van der Waals surface area contributed by atoms with Crippen LogP contribution >= 0.6 is 0 Å². The first-order valence-electron chi connectivity index (χ1n) is 5.18. The second-order valence-electron chi connectivity index (χ2n) is 4.65. The van der Waals surface area contributed by atoms with Crippen LogP contribution in [0, 0.1) is 0 Å². The Morgan fingerprint density at radius 2 is 1.81 bits per heavy atom. The largest absolute Gasteiger partial charge is 0.469 e. The summed E-state index contributed by atoms with van der Waals surface area (Å²) in [7, 11) is -1.93. The van der Waals surface area contributed by atoms with Gasteiger partial charge >= 0.3 is 5.97 Å². The van der Waals surface area contributed by atoms with Gasteiger partial charge in [-0.1, -0.05) is 0 Å². The molecule has 0 aliphatic heterocycles. The lowest BCUT2D eigenvalue weighted by atomic mass is 10.1. The molecule has 0 fully saturated rings. The lowest BCUT2D eigenvalue weighted by Crippen LogP contribution is -2.39. The van der Waals surface area contributed by atoms with Gasteiger partial charge in [-0.2, -0.15) is 0 Å². The van der Waals surface area contributed by atoms with Crippen molar-refractivity contribution in [2.75, 3.05) is 25.2 Å². The normalized spacial score (nSPS) is 12.5. The van der Waals surface area contributed by atoms with Crippen LogP contribution in [0.15, 0.2) is 0 Å². The Bertz CT molecular complexity index is 316. The quantitative estimate of drug-likeness (QED) is 0.690. The molecule has 6 heteroatoms. The van der Waals surface area contributed by atoms with E-state index in [2.05, 4.69) is 10.1 Å². The molecule has 16 heavy (non-hydrogen) atoms. The van der Waals surface area contributed by atoms with Gasteiger partial charge in [0.25, 0.3) is 0 Å². The lowest BCUT2D eigenvalue weighted by molar-refractivity contribution is -0.140. The molecule has 0 atom stereocenters. The highest BCUT2D eigenvalue weighted by Crippen LogP contribution is 1.99. The molecular formula is C10H21NO4S. The fraction of sp³-hybridized carbons (Fsp3) is 0.900. The highest BCUT2D eigenvalue weighted by molar-refractivity contribution is 7.91. The van der Waals surface area contributed by atoms with Crippen LogP contribution in [-0.2, 0) is 19.4 Å². The van der Waals surface area contributed by atoms with Crippen LogP contribution in [0.3, 0.4) is 0 Å². The van der Waals surface area contributed by atoms with Crippen molar-refractivity contribution in [1.29, 1.82) is 0 Å². The van der Waals surface area contributed by atoms with E-state index in [9.17, 15) is 13.2 Å². The van der Waals surface area contributed by atoms with E-state index in [4.69, 9.17) is 0 Å². The SMILES string of the molecule is COC(=O)CCS(=O)(=O)CCNC(C)(C)C. The molecule has 0 radical (unpaired) electrons. The number of hydrogen-bond donors (Lipinski definition) is 1. The van der Waals surface area contributed by atoms with E-state index in [1.165, 1.54) is 7.11 Å². The molecule has 0 aromatic carbocycles. The van der Waals surface area contributed by atoms with Crippen molar-refractivity contribution in [2.45, 2.75) is 32.7 Å². The van der Waals surface area contributed by atoms with E-state index in [1.807, 2.05) is 20.8 Å². The van der Waals surface area contributed by atoms with Crippen LogP contribution in [0.2, 0.25) is 0 Å². The van der Waals surface area contributed by atoms with Crippen molar-refractivity contribution in [2.24, 2.45) is 0 Å². The lowest BCUT2D eigenvalue weighted by Gasteiger charge is -2.20. The highest BCUT2D eigenvalue weighted by Gasteiger charge is 2.15. The van der Waals surface area contributed by atoms with Crippen LogP contribution in [0.1, 0.15) is 27.2 Å². The first kappa shape index (κ1) is 15.4. The van der Waals surface area contributed by atoms with Gasteiger partial charge in [0.05, 0.1) is 25.0 Å². The Balaban J connectivity index is 3.93. The Morgan fingerprint density at radius 1 is 1.25 bits per heavy atom. The minimum Gasteiger partial charge on any atom is -0.469 e. The molecule has 0 aliphatic rings. The first-order chi connectivity index (χ1) is 7.16. The Morgan fingerprint density at radius 3 is 2.25 bits per heavy atom.